The molecule has 1 unspecified atom stereocenters. The number of ether oxygens (including phenoxy) is 2. The first-order valence-electron chi connectivity index (χ1n) is 14.9. The third kappa shape index (κ3) is 7.22. The molecule has 1 amide bonds. The third-order valence-electron chi connectivity index (χ3n) is 7.70. The summed E-state index contributed by atoms with van der Waals surface area (Å²) in [5.41, 5.74) is 3.94. The van der Waals surface area contributed by atoms with Gasteiger partial charge in [0.05, 0.1) is 18.2 Å². The minimum atomic E-state index is -0.964. The van der Waals surface area contributed by atoms with Crippen molar-refractivity contribution in [1.82, 2.24) is 10.2 Å². The van der Waals surface area contributed by atoms with Crippen molar-refractivity contribution < 1.29 is 24.2 Å². The molecular formula is C36H29Cl2N3O5S2. The Kier molecular flexibility index (Phi) is 10.4. The van der Waals surface area contributed by atoms with Crippen molar-refractivity contribution in [3.05, 3.63) is 134 Å². The van der Waals surface area contributed by atoms with Gasteiger partial charge in [0.15, 0.2) is 4.34 Å². The number of ketones is 1. The molecule has 244 valence electrons. The number of rotatable bonds is 11. The highest BCUT2D eigenvalue weighted by Gasteiger charge is 2.48. The van der Waals surface area contributed by atoms with Crippen molar-refractivity contribution in [2.75, 3.05) is 11.5 Å². The lowest BCUT2D eigenvalue weighted by molar-refractivity contribution is -0.132. The van der Waals surface area contributed by atoms with Crippen LogP contribution < -0.4 is 14.4 Å². The Morgan fingerprint density at radius 2 is 1.62 bits per heavy atom. The van der Waals surface area contributed by atoms with E-state index in [9.17, 15) is 14.7 Å². The van der Waals surface area contributed by atoms with Gasteiger partial charge in [-0.05, 0) is 84.6 Å². The number of hydrogen-bond acceptors (Lipinski definition) is 9. The molecule has 6 rings (SSSR count). The molecule has 1 aliphatic heterocycles. The summed E-state index contributed by atoms with van der Waals surface area (Å²) < 4.78 is 12.1. The van der Waals surface area contributed by atoms with Crippen LogP contribution in [0.3, 0.4) is 0 Å². The molecule has 0 radical (unpaired) electrons. The fourth-order valence-electron chi connectivity index (χ4n) is 5.19. The van der Waals surface area contributed by atoms with Crippen molar-refractivity contribution in [2.24, 2.45) is 0 Å². The monoisotopic (exact) mass is 717 g/mol. The molecule has 48 heavy (non-hydrogen) atoms. The lowest BCUT2D eigenvalue weighted by atomic mass is 9.95. The van der Waals surface area contributed by atoms with Crippen LogP contribution in [0.2, 0.25) is 10.0 Å². The number of carbonyl (C=O) groups is 2. The molecule has 0 spiro atoms. The summed E-state index contributed by atoms with van der Waals surface area (Å²) in [6.07, 6.45) is 0. The van der Waals surface area contributed by atoms with Gasteiger partial charge in [-0.2, -0.15) is 0 Å². The molecule has 12 heteroatoms. The fourth-order valence-corrected chi connectivity index (χ4v) is 7.62. The first-order chi connectivity index (χ1) is 23.2. The number of carbonyl (C=O) groups excluding carboxylic acids is 2. The van der Waals surface area contributed by atoms with Gasteiger partial charge in [0.1, 0.15) is 23.9 Å². The van der Waals surface area contributed by atoms with Crippen LogP contribution in [0.5, 0.6) is 11.5 Å². The summed E-state index contributed by atoms with van der Waals surface area (Å²) in [5.74, 6) is -0.231. The Balaban J connectivity index is 1.31. The number of Topliss-reactive ketones (excluding diaryl/α,β-unsaturated/α-hetero) is 1. The van der Waals surface area contributed by atoms with Crippen LogP contribution >= 0.6 is 46.3 Å². The van der Waals surface area contributed by atoms with Gasteiger partial charge in [0, 0.05) is 21.4 Å². The van der Waals surface area contributed by atoms with Gasteiger partial charge in [-0.3, -0.25) is 14.5 Å². The number of hydrogen-bond donors (Lipinski definition) is 1. The van der Waals surface area contributed by atoms with Gasteiger partial charge < -0.3 is 14.6 Å². The zero-order valence-electron chi connectivity index (χ0n) is 25.9. The molecule has 1 fully saturated rings. The van der Waals surface area contributed by atoms with E-state index in [2.05, 4.69) is 10.2 Å². The molecule has 2 heterocycles. The normalized spacial score (nSPS) is 15.6. The second-order valence-electron chi connectivity index (χ2n) is 10.8. The van der Waals surface area contributed by atoms with E-state index in [4.69, 9.17) is 32.7 Å². The lowest BCUT2D eigenvalue weighted by Gasteiger charge is -2.22. The molecule has 8 nitrogen and oxygen atoms in total. The van der Waals surface area contributed by atoms with E-state index < -0.39 is 17.7 Å². The molecule has 1 aromatic heterocycles. The first-order valence-corrected chi connectivity index (χ1v) is 17.5. The van der Waals surface area contributed by atoms with Crippen LogP contribution in [-0.4, -0.2) is 33.6 Å². The molecule has 0 aliphatic carbocycles. The topological polar surface area (TPSA) is 102 Å². The number of aryl methyl sites for hydroxylation is 1. The molecule has 1 aliphatic rings. The van der Waals surface area contributed by atoms with Crippen LogP contribution in [0.4, 0.5) is 5.13 Å². The summed E-state index contributed by atoms with van der Waals surface area (Å²) in [7, 11) is 0. The smallest absolute Gasteiger partial charge is 0.301 e. The van der Waals surface area contributed by atoms with Crippen LogP contribution in [0.1, 0.15) is 40.8 Å². The van der Waals surface area contributed by atoms with Crippen LogP contribution in [0, 0.1) is 6.92 Å². The fraction of sp³-hybridized carbons (Fsp3) is 0.167. The largest absolute Gasteiger partial charge is 0.507 e. The molecule has 1 saturated heterocycles. The number of aliphatic hydroxyl groups excluding tert-OH is 1. The Hall–Kier alpha value is -4.35. The minimum Gasteiger partial charge on any atom is -0.507 e. The van der Waals surface area contributed by atoms with E-state index in [1.807, 2.05) is 44.2 Å². The van der Waals surface area contributed by atoms with E-state index in [0.717, 1.165) is 16.7 Å². The predicted molar refractivity (Wildman–Crippen MR) is 190 cm³/mol. The summed E-state index contributed by atoms with van der Waals surface area (Å²) >= 11 is 14.9. The first kappa shape index (κ1) is 33.5. The SMILES string of the molecule is CCOc1ccc(C2C(=C(O)c3ccc(OCc4ccccc4C)cc3)C(=O)C(=O)N2c2nnc(SCc3ccc(Cl)cc3Cl)s2)cc1. The third-order valence-corrected chi connectivity index (χ3v) is 10.4. The Bertz CT molecular complexity index is 2000. The highest BCUT2D eigenvalue weighted by atomic mass is 35.5. The lowest BCUT2D eigenvalue weighted by Crippen LogP contribution is -2.29. The number of aliphatic hydroxyl groups is 1. The van der Waals surface area contributed by atoms with E-state index in [1.54, 1.807) is 60.7 Å². The zero-order valence-corrected chi connectivity index (χ0v) is 29.0. The Morgan fingerprint density at radius 1 is 0.917 bits per heavy atom. The molecular weight excluding hydrogens is 689 g/mol. The van der Waals surface area contributed by atoms with Gasteiger partial charge in [0.25, 0.3) is 5.78 Å². The number of anilines is 1. The summed E-state index contributed by atoms with van der Waals surface area (Å²) in [6.45, 7) is 4.77. The minimum absolute atomic E-state index is 0.0601. The van der Waals surface area contributed by atoms with Gasteiger partial charge in [-0.15, -0.1) is 10.2 Å². The van der Waals surface area contributed by atoms with Crippen LogP contribution in [0.25, 0.3) is 5.76 Å². The standard InChI is InChI=1S/C36H29Cl2N3O5S2/c1-3-45-27-14-9-22(10-15-27)31-30(32(42)23-11-16-28(17-12-23)46-19-24-7-5-4-6-21(24)2)33(43)34(44)41(31)35-39-40-36(48-35)47-20-25-8-13-26(37)18-29(25)38/h4-18,31,42H,3,19-20H2,1-2H3. The number of thioether (sulfide) groups is 1. The maximum Gasteiger partial charge on any atom is 0.301 e. The van der Waals surface area contributed by atoms with Gasteiger partial charge in [-0.25, -0.2) is 0 Å². The van der Waals surface area contributed by atoms with E-state index >= 15 is 0 Å². The van der Waals surface area contributed by atoms with Crippen molar-refractivity contribution in [3.63, 3.8) is 0 Å². The highest BCUT2D eigenvalue weighted by molar-refractivity contribution is 8.00. The van der Waals surface area contributed by atoms with Crippen molar-refractivity contribution in [1.29, 1.82) is 0 Å². The van der Waals surface area contributed by atoms with E-state index in [-0.39, 0.29) is 16.5 Å². The van der Waals surface area contributed by atoms with Crippen molar-refractivity contribution >= 4 is 68.9 Å². The average Bonchev–Trinajstić information content (AvgIpc) is 3.66. The molecule has 4 aromatic carbocycles. The second kappa shape index (κ2) is 14.8. The van der Waals surface area contributed by atoms with Gasteiger partial charge in [0.2, 0.25) is 5.13 Å². The second-order valence-corrected chi connectivity index (χ2v) is 13.8. The summed E-state index contributed by atoms with van der Waals surface area (Å²) in [6, 6.07) is 26.1. The highest BCUT2D eigenvalue weighted by Crippen LogP contribution is 2.44. The van der Waals surface area contributed by atoms with E-state index in [1.165, 1.54) is 28.0 Å². The van der Waals surface area contributed by atoms with Crippen LogP contribution in [0.15, 0.2) is 101 Å². The van der Waals surface area contributed by atoms with Crippen molar-refractivity contribution in [2.45, 2.75) is 36.6 Å². The number of halogens is 2. The number of nitrogens with zero attached hydrogens (tertiary/aromatic N) is 3. The quantitative estimate of drug-likeness (QED) is 0.0475. The van der Waals surface area contributed by atoms with E-state index in [0.29, 0.717) is 56.0 Å². The van der Waals surface area contributed by atoms with Gasteiger partial charge >= 0.3 is 5.91 Å². The average molecular weight is 719 g/mol. The predicted octanol–water partition coefficient (Wildman–Crippen LogP) is 9.05. The zero-order chi connectivity index (χ0) is 33.8. The maximum atomic E-state index is 13.7. The molecule has 1 N–H and O–H groups in total. The van der Waals surface area contributed by atoms with Crippen LogP contribution in [-0.2, 0) is 21.9 Å². The summed E-state index contributed by atoms with van der Waals surface area (Å²) in [5, 5.41) is 21.5. The molecule has 1 atom stereocenters. The summed E-state index contributed by atoms with van der Waals surface area (Å²) in [4.78, 5) is 28.6. The molecule has 0 saturated carbocycles. The molecule has 5 aromatic rings. The number of benzene rings is 4. The number of aromatic nitrogens is 2. The Morgan fingerprint density at radius 3 is 2.33 bits per heavy atom. The maximum absolute atomic E-state index is 13.7. The van der Waals surface area contributed by atoms with Gasteiger partial charge in [-0.1, -0.05) is 88.8 Å². The molecule has 0 bridgehead atoms. The number of amides is 1. The Labute approximate surface area is 295 Å². The van der Waals surface area contributed by atoms with Crippen molar-refractivity contribution in [3.8, 4) is 11.5 Å².